The fraction of sp³-hybridized carbons (Fsp3) is 0.350. The minimum absolute atomic E-state index is 0.182. The normalized spacial score (nSPS) is 19.7. The van der Waals surface area contributed by atoms with Gasteiger partial charge in [0.05, 0.1) is 17.0 Å². The zero-order valence-electron chi connectivity index (χ0n) is 15.7. The number of hydrogen-bond acceptors (Lipinski definition) is 5. The van der Waals surface area contributed by atoms with Crippen LogP contribution in [0.15, 0.2) is 53.4 Å². The molecule has 27 heavy (non-hydrogen) atoms. The molecule has 1 atom stereocenters. The monoisotopic (exact) mass is 388 g/mol. The average Bonchev–Trinajstić information content (AvgIpc) is 3.11. The summed E-state index contributed by atoms with van der Waals surface area (Å²) in [6, 6.07) is 14.0. The Bertz CT molecular complexity index is 913. The lowest BCUT2D eigenvalue weighted by Crippen LogP contribution is -2.46. The molecule has 2 aromatic carbocycles. The first-order valence-electron chi connectivity index (χ1n) is 8.70. The van der Waals surface area contributed by atoms with E-state index in [0.717, 1.165) is 11.3 Å². The van der Waals surface area contributed by atoms with Crippen LogP contribution in [0.1, 0.15) is 22.3 Å². The Morgan fingerprint density at radius 1 is 1.07 bits per heavy atom. The predicted octanol–water partition coefficient (Wildman–Crippen LogP) is 2.20. The van der Waals surface area contributed by atoms with Crippen molar-refractivity contribution in [2.45, 2.75) is 16.9 Å². The number of ether oxygens (including phenoxy) is 1. The third-order valence-corrected chi connectivity index (χ3v) is 5.98. The van der Waals surface area contributed by atoms with Crippen molar-refractivity contribution in [3.05, 3.63) is 59.7 Å². The van der Waals surface area contributed by atoms with Gasteiger partial charge in [0, 0.05) is 44.6 Å². The summed E-state index contributed by atoms with van der Waals surface area (Å²) in [5.41, 5.74) is 1.76. The van der Waals surface area contributed by atoms with E-state index in [-0.39, 0.29) is 10.8 Å². The van der Waals surface area contributed by atoms with Gasteiger partial charge in [-0.1, -0.05) is 12.1 Å². The predicted molar refractivity (Wildman–Crippen MR) is 105 cm³/mol. The van der Waals surface area contributed by atoms with Crippen LogP contribution < -0.4 is 10.2 Å². The van der Waals surface area contributed by atoms with E-state index in [0.29, 0.717) is 25.2 Å². The maximum absolute atomic E-state index is 12.8. The third-order valence-electron chi connectivity index (χ3n) is 4.86. The Hall–Kier alpha value is -2.38. The van der Waals surface area contributed by atoms with Crippen molar-refractivity contribution in [2.75, 3.05) is 38.5 Å². The van der Waals surface area contributed by atoms with Crippen molar-refractivity contribution in [1.29, 1.82) is 0 Å². The van der Waals surface area contributed by atoms with Gasteiger partial charge in [0.25, 0.3) is 5.91 Å². The van der Waals surface area contributed by atoms with Crippen LogP contribution in [0.2, 0.25) is 0 Å². The highest BCUT2D eigenvalue weighted by Crippen LogP contribution is 2.31. The molecule has 1 amide bonds. The molecular formula is C20H24N2O4S. The number of rotatable bonds is 5. The molecule has 0 aromatic heterocycles. The lowest BCUT2D eigenvalue weighted by atomic mass is 9.88. The van der Waals surface area contributed by atoms with Gasteiger partial charge in [-0.3, -0.25) is 4.79 Å². The molecule has 1 saturated heterocycles. The number of carbonyl (C=O) groups is 1. The van der Waals surface area contributed by atoms with Gasteiger partial charge >= 0.3 is 0 Å². The Balaban J connectivity index is 1.85. The average molecular weight is 388 g/mol. The summed E-state index contributed by atoms with van der Waals surface area (Å²) in [5, 5.41) is 3.10. The Morgan fingerprint density at radius 3 is 2.19 bits per heavy atom. The quantitative estimate of drug-likeness (QED) is 0.850. The number of sulfone groups is 1. The Kier molecular flexibility index (Phi) is 5.26. The fourth-order valence-electron chi connectivity index (χ4n) is 3.18. The van der Waals surface area contributed by atoms with Crippen molar-refractivity contribution in [1.82, 2.24) is 5.32 Å². The molecule has 1 heterocycles. The van der Waals surface area contributed by atoms with E-state index < -0.39 is 15.4 Å². The minimum atomic E-state index is -3.26. The molecule has 0 radical (unpaired) electrons. The summed E-state index contributed by atoms with van der Waals surface area (Å²) in [5.74, 6) is -0.182. The van der Waals surface area contributed by atoms with E-state index in [1.807, 2.05) is 31.1 Å². The van der Waals surface area contributed by atoms with Gasteiger partial charge in [0.2, 0.25) is 0 Å². The second-order valence-corrected chi connectivity index (χ2v) is 9.09. The van der Waals surface area contributed by atoms with Gasteiger partial charge < -0.3 is 15.0 Å². The number of amides is 1. The van der Waals surface area contributed by atoms with Crippen molar-refractivity contribution >= 4 is 21.4 Å². The molecule has 1 aliphatic heterocycles. The number of anilines is 1. The van der Waals surface area contributed by atoms with E-state index in [9.17, 15) is 13.2 Å². The molecule has 0 saturated carbocycles. The highest BCUT2D eigenvalue weighted by molar-refractivity contribution is 7.90. The lowest BCUT2D eigenvalue weighted by molar-refractivity contribution is 0.0876. The maximum atomic E-state index is 12.8. The first-order chi connectivity index (χ1) is 12.7. The smallest absolute Gasteiger partial charge is 0.252 e. The topological polar surface area (TPSA) is 75.7 Å². The van der Waals surface area contributed by atoms with E-state index in [2.05, 4.69) is 5.32 Å². The second kappa shape index (κ2) is 7.32. The van der Waals surface area contributed by atoms with Crippen molar-refractivity contribution in [3.63, 3.8) is 0 Å². The zero-order chi connectivity index (χ0) is 19.7. The molecule has 6 nitrogen and oxygen atoms in total. The zero-order valence-corrected chi connectivity index (χ0v) is 16.5. The summed E-state index contributed by atoms with van der Waals surface area (Å²) in [7, 11) is 0.626. The molecule has 1 aliphatic rings. The Labute approximate surface area is 160 Å². The van der Waals surface area contributed by atoms with Gasteiger partial charge in [0.15, 0.2) is 9.84 Å². The van der Waals surface area contributed by atoms with Crippen LogP contribution in [0.25, 0.3) is 0 Å². The molecule has 3 rings (SSSR count). The number of nitrogens with zero attached hydrogens (tertiary/aromatic N) is 1. The fourth-order valence-corrected chi connectivity index (χ4v) is 3.82. The van der Waals surface area contributed by atoms with Gasteiger partial charge in [-0.05, 0) is 42.0 Å². The second-order valence-electron chi connectivity index (χ2n) is 7.08. The first-order valence-corrected chi connectivity index (χ1v) is 10.6. The van der Waals surface area contributed by atoms with Crippen LogP contribution in [0, 0.1) is 0 Å². The molecule has 0 aliphatic carbocycles. The van der Waals surface area contributed by atoms with Crippen molar-refractivity contribution in [3.8, 4) is 0 Å². The SMILES string of the molecule is CN(C)c1ccc(C(=O)NC2(c3ccc(S(C)(=O)=O)cc3)CCOC2)cc1. The lowest BCUT2D eigenvalue weighted by Gasteiger charge is -2.29. The number of benzene rings is 2. The maximum Gasteiger partial charge on any atom is 0.252 e. The molecule has 7 heteroatoms. The van der Waals surface area contributed by atoms with Crippen LogP contribution in [0.4, 0.5) is 5.69 Å². The van der Waals surface area contributed by atoms with Crippen LogP contribution in [0.3, 0.4) is 0 Å². The van der Waals surface area contributed by atoms with Gasteiger partial charge in [-0.15, -0.1) is 0 Å². The molecule has 2 aromatic rings. The van der Waals surface area contributed by atoms with Crippen molar-refractivity contribution < 1.29 is 17.9 Å². The van der Waals surface area contributed by atoms with Crippen LogP contribution >= 0.6 is 0 Å². The third kappa shape index (κ3) is 4.14. The molecule has 0 bridgehead atoms. The molecule has 0 spiro atoms. The number of nitrogens with one attached hydrogen (secondary N) is 1. The minimum Gasteiger partial charge on any atom is -0.379 e. The van der Waals surface area contributed by atoms with E-state index in [4.69, 9.17) is 4.74 Å². The standard InChI is InChI=1S/C20H24N2O4S/c1-22(2)17-8-4-15(5-9-17)19(23)21-20(12-13-26-14-20)16-6-10-18(11-7-16)27(3,24)25/h4-11H,12-14H2,1-3H3,(H,21,23). The highest BCUT2D eigenvalue weighted by atomic mass is 32.2. The van der Waals surface area contributed by atoms with Gasteiger partial charge in [-0.25, -0.2) is 8.42 Å². The first kappa shape index (κ1) is 19.4. The summed E-state index contributed by atoms with van der Waals surface area (Å²) >= 11 is 0. The summed E-state index contributed by atoms with van der Waals surface area (Å²) in [6.07, 6.45) is 1.81. The van der Waals surface area contributed by atoms with E-state index in [1.54, 1.807) is 36.4 Å². The van der Waals surface area contributed by atoms with Crippen LogP contribution in [0.5, 0.6) is 0 Å². The van der Waals surface area contributed by atoms with Crippen molar-refractivity contribution in [2.24, 2.45) is 0 Å². The highest BCUT2D eigenvalue weighted by Gasteiger charge is 2.38. The molecule has 144 valence electrons. The van der Waals surface area contributed by atoms with Gasteiger partial charge in [-0.2, -0.15) is 0 Å². The summed E-state index contributed by atoms with van der Waals surface area (Å²) in [4.78, 5) is 15.0. The number of hydrogen-bond donors (Lipinski definition) is 1. The van der Waals surface area contributed by atoms with Crippen LogP contribution in [-0.4, -0.2) is 47.9 Å². The molecule has 1 N–H and O–H groups in total. The van der Waals surface area contributed by atoms with E-state index >= 15 is 0 Å². The van der Waals surface area contributed by atoms with Crippen LogP contribution in [-0.2, 0) is 20.1 Å². The van der Waals surface area contributed by atoms with E-state index in [1.165, 1.54) is 6.26 Å². The Morgan fingerprint density at radius 2 is 1.70 bits per heavy atom. The molecule has 1 fully saturated rings. The largest absolute Gasteiger partial charge is 0.379 e. The summed E-state index contributed by atoms with van der Waals surface area (Å²) < 4.78 is 28.9. The molecule has 1 unspecified atom stereocenters. The molecular weight excluding hydrogens is 364 g/mol. The van der Waals surface area contributed by atoms with Gasteiger partial charge in [0.1, 0.15) is 0 Å². The number of carbonyl (C=O) groups excluding carboxylic acids is 1. The summed E-state index contributed by atoms with van der Waals surface area (Å²) in [6.45, 7) is 0.889.